The van der Waals surface area contributed by atoms with E-state index < -0.39 is 0 Å². The number of anilines is 1. The monoisotopic (exact) mass is 316 g/mol. The van der Waals surface area contributed by atoms with Gasteiger partial charge in [-0.1, -0.05) is 30.3 Å². The van der Waals surface area contributed by atoms with Crippen LogP contribution in [0, 0.1) is 13.8 Å². The standard InChI is InChI=1S/C17H20N2S2/c1-13-8-9-14(2)16(12-13)19-17(20)18-10-11-21-15-6-4-3-5-7-15/h3-9,12H,10-11H2,1-2H3,(H2,18,19,20). The molecule has 2 nitrogen and oxygen atoms in total. The molecule has 0 spiro atoms. The van der Waals surface area contributed by atoms with Crippen molar-refractivity contribution >= 4 is 34.8 Å². The van der Waals surface area contributed by atoms with Gasteiger partial charge in [0, 0.05) is 22.9 Å². The number of thioether (sulfide) groups is 1. The largest absolute Gasteiger partial charge is 0.362 e. The van der Waals surface area contributed by atoms with Gasteiger partial charge in [-0.05, 0) is 55.4 Å². The van der Waals surface area contributed by atoms with Crippen LogP contribution in [0.3, 0.4) is 0 Å². The van der Waals surface area contributed by atoms with E-state index in [9.17, 15) is 0 Å². The molecular formula is C17H20N2S2. The molecule has 2 aromatic carbocycles. The molecule has 0 unspecified atom stereocenters. The van der Waals surface area contributed by atoms with Crippen LogP contribution in [-0.4, -0.2) is 17.4 Å². The lowest BCUT2D eigenvalue weighted by molar-refractivity contribution is 0.989. The van der Waals surface area contributed by atoms with Crippen molar-refractivity contribution in [3.8, 4) is 0 Å². The molecule has 2 rings (SSSR count). The molecular weight excluding hydrogens is 296 g/mol. The van der Waals surface area contributed by atoms with Crippen molar-refractivity contribution in [2.45, 2.75) is 18.7 Å². The molecule has 2 N–H and O–H groups in total. The summed E-state index contributed by atoms with van der Waals surface area (Å²) >= 11 is 7.16. The number of thiocarbonyl (C=S) groups is 1. The van der Waals surface area contributed by atoms with Gasteiger partial charge in [0.1, 0.15) is 0 Å². The maximum atomic E-state index is 5.34. The molecule has 2 aromatic rings. The first-order chi connectivity index (χ1) is 10.1. The fourth-order valence-electron chi connectivity index (χ4n) is 1.89. The normalized spacial score (nSPS) is 10.2. The van der Waals surface area contributed by atoms with E-state index >= 15 is 0 Å². The average molecular weight is 316 g/mol. The number of hydrogen-bond acceptors (Lipinski definition) is 2. The van der Waals surface area contributed by atoms with E-state index in [0.717, 1.165) is 18.0 Å². The van der Waals surface area contributed by atoms with Crippen molar-refractivity contribution in [2.24, 2.45) is 0 Å². The van der Waals surface area contributed by atoms with Crippen LogP contribution in [0.1, 0.15) is 11.1 Å². The molecule has 0 aromatic heterocycles. The lowest BCUT2D eigenvalue weighted by Crippen LogP contribution is -2.30. The van der Waals surface area contributed by atoms with Gasteiger partial charge in [0.05, 0.1) is 0 Å². The van der Waals surface area contributed by atoms with Gasteiger partial charge in [0.15, 0.2) is 5.11 Å². The summed E-state index contributed by atoms with van der Waals surface area (Å²) in [6.07, 6.45) is 0. The third-order valence-corrected chi connectivity index (χ3v) is 4.30. The third-order valence-electron chi connectivity index (χ3n) is 3.04. The zero-order valence-corrected chi connectivity index (χ0v) is 14.0. The van der Waals surface area contributed by atoms with Crippen LogP contribution in [0.25, 0.3) is 0 Å². The minimum Gasteiger partial charge on any atom is -0.362 e. The van der Waals surface area contributed by atoms with Gasteiger partial charge in [0.25, 0.3) is 0 Å². The van der Waals surface area contributed by atoms with Crippen molar-refractivity contribution in [1.82, 2.24) is 5.32 Å². The number of benzene rings is 2. The van der Waals surface area contributed by atoms with Crippen molar-refractivity contribution in [3.63, 3.8) is 0 Å². The third kappa shape index (κ3) is 5.40. The van der Waals surface area contributed by atoms with Gasteiger partial charge >= 0.3 is 0 Å². The lowest BCUT2D eigenvalue weighted by Gasteiger charge is -2.13. The lowest BCUT2D eigenvalue weighted by atomic mass is 10.1. The quantitative estimate of drug-likeness (QED) is 0.485. The second kappa shape index (κ2) is 8.05. The van der Waals surface area contributed by atoms with Gasteiger partial charge in [-0.3, -0.25) is 0 Å². The molecule has 0 atom stereocenters. The average Bonchev–Trinajstić information content (AvgIpc) is 2.48. The zero-order chi connectivity index (χ0) is 15.1. The number of hydrogen-bond donors (Lipinski definition) is 2. The van der Waals surface area contributed by atoms with Gasteiger partial charge in [-0.25, -0.2) is 0 Å². The highest BCUT2D eigenvalue weighted by atomic mass is 32.2. The fourth-order valence-corrected chi connectivity index (χ4v) is 2.89. The van der Waals surface area contributed by atoms with Crippen LogP contribution in [0.5, 0.6) is 0 Å². The minimum absolute atomic E-state index is 0.678. The molecule has 0 aliphatic heterocycles. The van der Waals surface area contributed by atoms with Gasteiger partial charge in [-0.2, -0.15) is 0 Å². The van der Waals surface area contributed by atoms with E-state index in [-0.39, 0.29) is 0 Å². The van der Waals surface area contributed by atoms with Crippen molar-refractivity contribution in [2.75, 3.05) is 17.6 Å². The van der Waals surface area contributed by atoms with Crippen LogP contribution in [-0.2, 0) is 0 Å². The molecule has 0 fully saturated rings. The highest BCUT2D eigenvalue weighted by Gasteiger charge is 2.01. The van der Waals surface area contributed by atoms with Gasteiger partial charge in [0.2, 0.25) is 0 Å². The van der Waals surface area contributed by atoms with Crippen molar-refractivity contribution < 1.29 is 0 Å². The Hall–Kier alpha value is -1.52. The predicted molar refractivity (Wildman–Crippen MR) is 97.3 cm³/mol. The van der Waals surface area contributed by atoms with E-state index in [1.807, 2.05) is 17.8 Å². The summed E-state index contributed by atoms with van der Waals surface area (Å²) in [5.41, 5.74) is 3.50. The maximum absolute atomic E-state index is 5.34. The smallest absolute Gasteiger partial charge is 0.170 e. The summed E-state index contributed by atoms with van der Waals surface area (Å²) in [6.45, 7) is 5.00. The predicted octanol–water partition coefficient (Wildman–Crippen LogP) is 4.38. The molecule has 0 saturated heterocycles. The Morgan fingerprint density at radius 2 is 1.86 bits per heavy atom. The molecule has 21 heavy (non-hydrogen) atoms. The summed E-state index contributed by atoms with van der Waals surface area (Å²) < 4.78 is 0. The second-order valence-corrected chi connectivity index (χ2v) is 6.44. The molecule has 0 amide bonds. The molecule has 0 bridgehead atoms. The highest BCUT2D eigenvalue weighted by Crippen LogP contribution is 2.17. The van der Waals surface area contributed by atoms with E-state index in [1.54, 1.807) is 0 Å². The Morgan fingerprint density at radius 3 is 2.62 bits per heavy atom. The minimum atomic E-state index is 0.678. The Labute approximate surface area is 136 Å². The maximum Gasteiger partial charge on any atom is 0.170 e. The summed E-state index contributed by atoms with van der Waals surface area (Å²) in [7, 11) is 0. The fraction of sp³-hybridized carbons (Fsp3) is 0.235. The van der Waals surface area contributed by atoms with E-state index in [2.05, 4.69) is 66.9 Å². The Balaban J connectivity index is 1.74. The van der Waals surface area contributed by atoms with Crippen LogP contribution in [0.2, 0.25) is 0 Å². The Morgan fingerprint density at radius 1 is 1.10 bits per heavy atom. The van der Waals surface area contributed by atoms with Gasteiger partial charge in [-0.15, -0.1) is 11.8 Å². The van der Waals surface area contributed by atoms with Crippen LogP contribution in [0.4, 0.5) is 5.69 Å². The molecule has 0 heterocycles. The van der Waals surface area contributed by atoms with E-state index in [0.29, 0.717) is 5.11 Å². The molecule has 0 saturated carbocycles. The SMILES string of the molecule is Cc1ccc(C)c(NC(=S)NCCSc2ccccc2)c1. The summed E-state index contributed by atoms with van der Waals surface area (Å²) in [4.78, 5) is 1.28. The summed E-state index contributed by atoms with van der Waals surface area (Å²) in [6, 6.07) is 16.7. The zero-order valence-electron chi connectivity index (χ0n) is 12.3. The van der Waals surface area contributed by atoms with Crippen LogP contribution < -0.4 is 10.6 Å². The molecule has 0 aliphatic rings. The Bertz CT molecular complexity index is 597. The van der Waals surface area contributed by atoms with Crippen LogP contribution in [0.15, 0.2) is 53.4 Å². The molecule has 0 aliphatic carbocycles. The van der Waals surface area contributed by atoms with Crippen molar-refractivity contribution in [3.05, 3.63) is 59.7 Å². The van der Waals surface area contributed by atoms with Gasteiger partial charge < -0.3 is 10.6 Å². The van der Waals surface area contributed by atoms with Crippen LogP contribution >= 0.6 is 24.0 Å². The first kappa shape index (κ1) is 15.9. The molecule has 4 heteroatoms. The first-order valence-electron chi connectivity index (χ1n) is 6.95. The second-order valence-electron chi connectivity index (χ2n) is 4.86. The number of nitrogens with one attached hydrogen (secondary N) is 2. The first-order valence-corrected chi connectivity index (χ1v) is 8.34. The van der Waals surface area contributed by atoms with Crippen molar-refractivity contribution in [1.29, 1.82) is 0 Å². The van der Waals surface area contributed by atoms with E-state index in [4.69, 9.17) is 12.2 Å². The topological polar surface area (TPSA) is 24.1 Å². The molecule has 0 radical (unpaired) electrons. The number of aryl methyl sites for hydroxylation is 2. The van der Waals surface area contributed by atoms with E-state index in [1.165, 1.54) is 16.0 Å². The summed E-state index contributed by atoms with van der Waals surface area (Å²) in [5, 5.41) is 7.19. The summed E-state index contributed by atoms with van der Waals surface area (Å²) in [5.74, 6) is 0.985. The highest BCUT2D eigenvalue weighted by molar-refractivity contribution is 7.99. The Kier molecular flexibility index (Phi) is 6.08. The number of rotatable bonds is 5. The molecule has 110 valence electrons.